The molecule has 0 spiro atoms. The van der Waals surface area contributed by atoms with Crippen molar-refractivity contribution in [1.29, 1.82) is 5.26 Å². The Bertz CT molecular complexity index is 1300. The van der Waals surface area contributed by atoms with Gasteiger partial charge >= 0.3 is 0 Å². The zero-order valence-electron chi connectivity index (χ0n) is 15.0. The Morgan fingerprint density at radius 2 is 1.97 bits per heavy atom. The topological polar surface area (TPSA) is 128 Å². The fraction of sp³-hybridized carbons (Fsp3) is 0.0526. The Kier molecular flexibility index (Phi) is 5.52. The molecule has 0 atom stereocenters. The van der Waals surface area contributed by atoms with Crippen molar-refractivity contribution in [3.8, 4) is 17.3 Å². The smallest absolute Gasteiger partial charge is 0.270 e. The van der Waals surface area contributed by atoms with E-state index in [1.165, 1.54) is 12.3 Å². The molecule has 0 bridgehead atoms. The number of hydrogen-bond acceptors (Lipinski definition) is 7. The summed E-state index contributed by atoms with van der Waals surface area (Å²) >= 11 is 0. The van der Waals surface area contributed by atoms with E-state index in [1.54, 1.807) is 30.3 Å². The van der Waals surface area contributed by atoms with Crippen LogP contribution in [-0.4, -0.2) is 30.9 Å². The molecule has 2 aromatic carbocycles. The molecule has 0 aliphatic heterocycles. The SMILES string of the molecule is CS(=O)(=O)c1ccc(C=NNc2nc(-c3ccccc3)c(C#N)c(=O)[nH]2)cc1F. The molecule has 8 nitrogen and oxygen atoms in total. The lowest BCUT2D eigenvalue weighted by atomic mass is 10.1. The van der Waals surface area contributed by atoms with Gasteiger partial charge in [0.05, 0.1) is 11.9 Å². The first-order valence-corrected chi connectivity index (χ1v) is 10.1. The van der Waals surface area contributed by atoms with E-state index < -0.39 is 26.1 Å². The summed E-state index contributed by atoms with van der Waals surface area (Å²) in [5, 5.41) is 13.1. The van der Waals surface area contributed by atoms with E-state index in [4.69, 9.17) is 0 Å². The van der Waals surface area contributed by atoms with E-state index in [1.807, 2.05) is 6.07 Å². The number of benzene rings is 2. The largest absolute Gasteiger partial charge is 0.290 e. The molecule has 0 aliphatic rings. The number of aromatic nitrogens is 2. The first-order valence-electron chi connectivity index (χ1n) is 8.18. The van der Waals surface area contributed by atoms with Gasteiger partial charge in [0.25, 0.3) is 5.56 Å². The number of halogens is 1. The van der Waals surface area contributed by atoms with Crippen molar-refractivity contribution in [2.75, 3.05) is 11.7 Å². The number of nitrogens with one attached hydrogen (secondary N) is 2. The lowest BCUT2D eigenvalue weighted by Gasteiger charge is -2.06. The number of hydrogen-bond donors (Lipinski definition) is 2. The van der Waals surface area contributed by atoms with E-state index >= 15 is 0 Å². The van der Waals surface area contributed by atoms with Crippen LogP contribution in [0.2, 0.25) is 0 Å². The number of H-pyrrole nitrogens is 1. The summed E-state index contributed by atoms with van der Waals surface area (Å²) in [7, 11) is -3.67. The molecule has 0 amide bonds. The molecule has 29 heavy (non-hydrogen) atoms. The summed E-state index contributed by atoms with van der Waals surface area (Å²) in [6, 6.07) is 14.1. The molecule has 2 N–H and O–H groups in total. The van der Waals surface area contributed by atoms with Crippen LogP contribution < -0.4 is 11.0 Å². The Morgan fingerprint density at radius 3 is 2.59 bits per heavy atom. The van der Waals surface area contributed by atoms with Gasteiger partial charge in [-0.05, 0) is 17.7 Å². The van der Waals surface area contributed by atoms with Crippen LogP contribution in [0.15, 0.2) is 63.3 Å². The fourth-order valence-corrected chi connectivity index (χ4v) is 3.23. The number of hydrazone groups is 1. The van der Waals surface area contributed by atoms with Crippen LogP contribution in [0, 0.1) is 17.1 Å². The molecule has 0 radical (unpaired) electrons. The van der Waals surface area contributed by atoms with Crippen LogP contribution in [0.4, 0.5) is 10.3 Å². The predicted octanol–water partition coefficient (Wildman–Crippen LogP) is 2.30. The highest BCUT2D eigenvalue weighted by atomic mass is 32.2. The zero-order valence-corrected chi connectivity index (χ0v) is 15.9. The van der Waals surface area contributed by atoms with Crippen molar-refractivity contribution < 1.29 is 12.8 Å². The van der Waals surface area contributed by atoms with E-state index in [9.17, 15) is 22.9 Å². The van der Waals surface area contributed by atoms with Gasteiger partial charge in [0.2, 0.25) is 5.95 Å². The molecule has 0 unspecified atom stereocenters. The Hall–Kier alpha value is -3.84. The molecule has 146 valence electrons. The maximum Gasteiger partial charge on any atom is 0.270 e. The summed E-state index contributed by atoms with van der Waals surface area (Å²) in [6.07, 6.45) is 2.15. The van der Waals surface area contributed by atoms with Crippen LogP contribution in [-0.2, 0) is 9.84 Å². The summed E-state index contributed by atoms with van der Waals surface area (Å²) in [4.78, 5) is 18.4. The Morgan fingerprint density at radius 1 is 1.24 bits per heavy atom. The lowest BCUT2D eigenvalue weighted by molar-refractivity contribution is 0.570. The lowest BCUT2D eigenvalue weighted by Crippen LogP contribution is -2.16. The quantitative estimate of drug-likeness (QED) is 0.490. The third-order valence-electron chi connectivity index (χ3n) is 3.82. The number of aromatic amines is 1. The second-order valence-electron chi connectivity index (χ2n) is 5.95. The molecular formula is C19H14FN5O3S. The van der Waals surface area contributed by atoms with Gasteiger partial charge in [0.15, 0.2) is 9.84 Å². The first-order chi connectivity index (χ1) is 13.8. The number of rotatable bonds is 5. The molecule has 3 rings (SSSR count). The van der Waals surface area contributed by atoms with E-state index in [0.717, 1.165) is 18.4 Å². The monoisotopic (exact) mass is 411 g/mol. The van der Waals surface area contributed by atoms with E-state index in [2.05, 4.69) is 20.5 Å². The van der Waals surface area contributed by atoms with Crippen molar-refractivity contribution in [2.45, 2.75) is 4.90 Å². The molecule has 1 aromatic heterocycles. The standard InChI is InChI=1S/C19H14FN5O3S/c1-29(27,28)16-8-7-12(9-15(16)20)11-22-25-19-23-17(13-5-3-2-4-6-13)14(10-21)18(26)24-19/h2-9,11H,1H3,(H2,23,24,25,26). The van der Waals surface area contributed by atoms with Crippen LogP contribution in [0.25, 0.3) is 11.3 Å². The number of sulfone groups is 1. The summed E-state index contributed by atoms with van der Waals surface area (Å²) in [6.45, 7) is 0. The Labute approximate surface area is 165 Å². The highest BCUT2D eigenvalue weighted by molar-refractivity contribution is 7.90. The third kappa shape index (κ3) is 4.53. The summed E-state index contributed by atoms with van der Waals surface area (Å²) < 4.78 is 36.8. The van der Waals surface area contributed by atoms with E-state index in [0.29, 0.717) is 11.1 Å². The molecular weight excluding hydrogens is 397 g/mol. The van der Waals surface area contributed by atoms with Crippen LogP contribution in [0.1, 0.15) is 11.1 Å². The van der Waals surface area contributed by atoms with Crippen molar-refractivity contribution in [1.82, 2.24) is 9.97 Å². The van der Waals surface area contributed by atoms with Gasteiger partial charge in [-0.3, -0.25) is 9.78 Å². The molecule has 3 aromatic rings. The van der Waals surface area contributed by atoms with Gasteiger partial charge < -0.3 is 0 Å². The van der Waals surface area contributed by atoms with Crippen LogP contribution >= 0.6 is 0 Å². The summed E-state index contributed by atoms with van der Waals surface area (Å²) in [5.74, 6) is -0.912. The van der Waals surface area contributed by atoms with Gasteiger partial charge in [-0.25, -0.2) is 23.2 Å². The number of nitriles is 1. The van der Waals surface area contributed by atoms with Gasteiger partial charge in [-0.1, -0.05) is 36.4 Å². The highest BCUT2D eigenvalue weighted by Crippen LogP contribution is 2.19. The predicted molar refractivity (Wildman–Crippen MR) is 106 cm³/mol. The minimum atomic E-state index is -3.67. The molecule has 0 saturated carbocycles. The molecule has 0 fully saturated rings. The molecule has 1 heterocycles. The number of anilines is 1. The van der Waals surface area contributed by atoms with Gasteiger partial charge in [0, 0.05) is 11.8 Å². The fourth-order valence-electron chi connectivity index (χ4n) is 2.50. The average Bonchev–Trinajstić information content (AvgIpc) is 2.67. The first kappa shape index (κ1) is 19.9. The zero-order chi connectivity index (χ0) is 21.0. The maximum absolute atomic E-state index is 13.9. The Balaban J connectivity index is 1.88. The second-order valence-corrected chi connectivity index (χ2v) is 7.93. The molecule has 0 saturated heterocycles. The average molecular weight is 411 g/mol. The van der Waals surface area contributed by atoms with Gasteiger partial charge in [0.1, 0.15) is 22.3 Å². The maximum atomic E-state index is 13.9. The summed E-state index contributed by atoms with van der Waals surface area (Å²) in [5.41, 5.74) is 2.81. The van der Waals surface area contributed by atoms with Crippen molar-refractivity contribution in [3.63, 3.8) is 0 Å². The van der Waals surface area contributed by atoms with Crippen LogP contribution in [0.3, 0.4) is 0 Å². The highest BCUT2D eigenvalue weighted by Gasteiger charge is 2.14. The van der Waals surface area contributed by atoms with Gasteiger partial charge in [-0.15, -0.1) is 0 Å². The van der Waals surface area contributed by atoms with Gasteiger partial charge in [-0.2, -0.15) is 10.4 Å². The number of nitrogens with zero attached hydrogens (tertiary/aromatic N) is 3. The third-order valence-corrected chi connectivity index (χ3v) is 4.95. The molecule has 10 heteroatoms. The van der Waals surface area contributed by atoms with Crippen molar-refractivity contribution >= 4 is 22.0 Å². The molecule has 0 aliphatic carbocycles. The normalized spacial score (nSPS) is 11.3. The second kappa shape index (κ2) is 8.04. The van der Waals surface area contributed by atoms with Crippen molar-refractivity contribution in [2.24, 2.45) is 5.10 Å². The minimum absolute atomic E-state index is 0.0164. The van der Waals surface area contributed by atoms with Crippen molar-refractivity contribution in [3.05, 3.63) is 75.8 Å². The minimum Gasteiger partial charge on any atom is -0.290 e. The van der Waals surface area contributed by atoms with Crippen LogP contribution in [0.5, 0.6) is 0 Å². The van der Waals surface area contributed by atoms with E-state index in [-0.39, 0.29) is 17.2 Å².